The molecule has 0 fully saturated rings. The summed E-state index contributed by atoms with van der Waals surface area (Å²) in [5.74, 6) is 1.05. The molecule has 0 aliphatic carbocycles. The molecular formula is C14H27NO. The summed E-state index contributed by atoms with van der Waals surface area (Å²) in [5, 5.41) is 0. The fourth-order valence-corrected chi connectivity index (χ4v) is 2.01. The second-order valence-corrected chi connectivity index (χ2v) is 4.49. The highest BCUT2D eigenvalue weighted by Crippen LogP contribution is 2.17. The molecule has 16 heavy (non-hydrogen) atoms. The van der Waals surface area contributed by atoms with Crippen LogP contribution in [0.2, 0.25) is 0 Å². The second kappa shape index (κ2) is 10.9. The first-order valence-corrected chi connectivity index (χ1v) is 6.57. The van der Waals surface area contributed by atoms with E-state index in [2.05, 4.69) is 13.5 Å². The van der Waals surface area contributed by atoms with E-state index in [-0.39, 0.29) is 0 Å². The van der Waals surface area contributed by atoms with Crippen LogP contribution in [0.25, 0.3) is 0 Å². The Hall–Kier alpha value is -0.630. The molecule has 1 unspecified atom stereocenters. The summed E-state index contributed by atoms with van der Waals surface area (Å²) < 4.78 is 0. The fraction of sp³-hybridized carbons (Fsp3) is 0.786. The SMILES string of the molecule is C=CCCCC(=O)CCC(CCC)CCN. The number of allylic oxidation sites excluding steroid dienone is 1. The van der Waals surface area contributed by atoms with Crippen LogP contribution in [0.5, 0.6) is 0 Å². The van der Waals surface area contributed by atoms with Gasteiger partial charge in [-0.15, -0.1) is 6.58 Å². The van der Waals surface area contributed by atoms with Crippen LogP contribution in [0.15, 0.2) is 12.7 Å². The first-order valence-electron chi connectivity index (χ1n) is 6.57. The van der Waals surface area contributed by atoms with Gasteiger partial charge in [0.25, 0.3) is 0 Å². The minimum Gasteiger partial charge on any atom is -0.330 e. The predicted octanol–water partition coefficient (Wildman–Crippen LogP) is 3.46. The van der Waals surface area contributed by atoms with Crippen LogP contribution >= 0.6 is 0 Å². The smallest absolute Gasteiger partial charge is 0.132 e. The lowest BCUT2D eigenvalue weighted by atomic mass is 9.93. The molecule has 0 radical (unpaired) electrons. The third kappa shape index (κ3) is 8.66. The zero-order chi connectivity index (χ0) is 12.2. The van der Waals surface area contributed by atoms with Crippen LogP contribution in [0.3, 0.4) is 0 Å². The molecule has 0 rings (SSSR count). The van der Waals surface area contributed by atoms with Crippen LogP contribution in [-0.4, -0.2) is 12.3 Å². The van der Waals surface area contributed by atoms with E-state index < -0.39 is 0 Å². The molecule has 2 nitrogen and oxygen atoms in total. The van der Waals surface area contributed by atoms with Gasteiger partial charge in [-0.25, -0.2) is 0 Å². The molecule has 0 aromatic rings. The van der Waals surface area contributed by atoms with Crippen LogP contribution in [0, 0.1) is 5.92 Å². The monoisotopic (exact) mass is 225 g/mol. The number of hydrogen-bond acceptors (Lipinski definition) is 2. The summed E-state index contributed by atoms with van der Waals surface area (Å²) in [6.07, 6.45) is 9.72. The van der Waals surface area contributed by atoms with E-state index in [1.807, 2.05) is 6.08 Å². The molecule has 0 heterocycles. The Morgan fingerprint density at radius 1 is 1.31 bits per heavy atom. The van der Waals surface area contributed by atoms with E-state index in [0.717, 1.165) is 38.6 Å². The molecule has 94 valence electrons. The molecule has 0 aliphatic rings. The van der Waals surface area contributed by atoms with Crippen molar-refractivity contribution < 1.29 is 4.79 Å². The summed E-state index contributed by atoms with van der Waals surface area (Å²) in [5.41, 5.74) is 5.57. The Kier molecular flexibility index (Phi) is 10.4. The summed E-state index contributed by atoms with van der Waals surface area (Å²) in [7, 11) is 0. The number of hydrogen-bond donors (Lipinski definition) is 1. The molecular weight excluding hydrogens is 198 g/mol. The van der Waals surface area contributed by atoms with Crippen LogP contribution in [0.4, 0.5) is 0 Å². The van der Waals surface area contributed by atoms with Gasteiger partial charge in [0.15, 0.2) is 0 Å². The Labute approximate surface area is 100 Å². The maximum absolute atomic E-state index is 11.6. The van der Waals surface area contributed by atoms with Crippen molar-refractivity contribution in [2.75, 3.05) is 6.54 Å². The first-order chi connectivity index (χ1) is 7.74. The maximum Gasteiger partial charge on any atom is 0.132 e. The van der Waals surface area contributed by atoms with Crippen molar-refractivity contribution in [2.24, 2.45) is 11.7 Å². The maximum atomic E-state index is 11.6. The zero-order valence-corrected chi connectivity index (χ0v) is 10.7. The molecule has 0 spiro atoms. The summed E-state index contributed by atoms with van der Waals surface area (Å²) in [6, 6.07) is 0. The molecule has 0 amide bonds. The van der Waals surface area contributed by atoms with E-state index >= 15 is 0 Å². The molecule has 2 N–H and O–H groups in total. The number of carbonyl (C=O) groups is 1. The van der Waals surface area contributed by atoms with Gasteiger partial charge in [-0.3, -0.25) is 4.79 Å². The van der Waals surface area contributed by atoms with E-state index in [9.17, 15) is 4.79 Å². The molecule has 2 heteroatoms. The number of carbonyl (C=O) groups excluding carboxylic acids is 1. The average molecular weight is 225 g/mol. The third-order valence-electron chi connectivity index (χ3n) is 2.97. The molecule has 1 atom stereocenters. The van der Waals surface area contributed by atoms with Gasteiger partial charge in [0, 0.05) is 12.8 Å². The van der Waals surface area contributed by atoms with Gasteiger partial charge in [0.05, 0.1) is 0 Å². The summed E-state index contributed by atoms with van der Waals surface area (Å²) in [4.78, 5) is 11.6. The fourth-order valence-electron chi connectivity index (χ4n) is 2.01. The molecule has 0 aromatic heterocycles. The van der Waals surface area contributed by atoms with E-state index in [1.54, 1.807) is 0 Å². The lowest BCUT2D eigenvalue weighted by molar-refractivity contribution is -0.119. The van der Waals surface area contributed by atoms with Gasteiger partial charge in [0.1, 0.15) is 5.78 Å². The minimum absolute atomic E-state index is 0.403. The van der Waals surface area contributed by atoms with Crippen molar-refractivity contribution in [2.45, 2.75) is 58.3 Å². The normalized spacial score (nSPS) is 12.4. The van der Waals surface area contributed by atoms with Crippen molar-refractivity contribution in [1.29, 1.82) is 0 Å². The molecule has 0 saturated heterocycles. The Morgan fingerprint density at radius 2 is 2.06 bits per heavy atom. The van der Waals surface area contributed by atoms with Gasteiger partial charge >= 0.3 is 0 Å². The van der Waals surface area contributed by atoms with E-state index in [0.29, 0.717) is 18.1 Å². The van der Waals surface area contributed by atoms with Crippen LogP contribution < -0.4 is 5.73 Å². The highest BCUT2D eigenvalue weighted by atomic mass is 16.1. The second-order valence-electron chi connectivity index (χ2n) is 4.49. The Balaban J connectivity index is 3.64. The van der Waals surface area contributed by atoms with Gasteiger partial charge in [-0.2, -0.15) is 0 Å². The van der Waals surface area contributed by atoms with Gasteiger partial charge in [0.2, 0.25) is 0 Å². The zero-order valence-electron chi connectivity index (χ0n) is 10.7. The first kappa shape index (κ1) is 15.4. The lowest BCUT2D eigenvalue weighted by Crippen LogP contribution is -2.10. The van der Waals surface area contributed by atoms with Crippen molar-refractivity contribution in [3.8, 4) is 0 Å². The Morgan fingerprint density at radius 3 is 2.62 bits per heavy atom. The topological polar surface area (TPSA) is 43.1 Å². The number of ketones is 1. The number of Topliss-reactive ketones (excluding diaryl/α,β-unsaturated/α-hetero) is 1. The number of unbranched alkanes of at least 4 members (excludes halogenated alkanes) is 1. The highest BCUT2D eigenvalue weighted by molar-refractivity contribution is 5.78. The molecule has 0 bridgehead atoms. The summed E-state index contributed by atoms with van der Waals surface area (Å²) in [6.45, 7) is 6.59. The molecule has 0 aliphatic heterocycles. The van der Waals surface area contributed by atoms with Gasteiger partial charge < -0.3 is 5.73 Å². The number of nitrogens with two attached hydrogens (primary N) is 1. The standard InChI is InChI=1S/C14H27NO/c1-3-5-6-8-14(16)10-9-13(7-4-2)11-12-15/h3,13H,1,4-12,15H2,2H3. The quantitative estimate of drug-likeness (QED) is 0.432. The van der Waals surface area contributed by atoms with Crippen molar-refractivity contribution >= 4 is 5.78 Å². The molecule has 0 aromatic carbocycles. The Bertz CT molecular complexity index is 183. The van der Waals surface area contributed by atoms with Crippen molar-refractivity contribution in [3.05, 3.63) is 12.7 Å². The van der Waals surface area contributed by atoms with Crippen molar-refractivity contribution in [1.82, 2.24) is 0 Å². The average Bonchev–Trinajstić information content (AvgIpc) is 2.27. The van der Waals surface area contributed by atoms with Gasteiger partial charge in [-0.05, 0) is 38.1 Å². The van der Waals surface area contributed by atoms with Crippen LogP contribution in [-0.2, 0) is 4.79 Å². The number of rotatable bonds is 11. The van der Waals surface area contributed by atoms with Crippen LogP contribution in [0.1, 0.15) is 58.3 Å². The highest BCUT2D eigenvalue weighted by Gasteiger charge is 2.09. The largest absolute Gasteiger partial charge is 0.330 e. The predicted molar refractivity (Wildman–Crippen MR) is 70.4 cm³/mol. The van der Waals surface area contributed by atoms with E-state index in [1.165, 1.54) is 12.8 Å². The summed E-state index contributed by atoms with van der Waals surface area (Å²) >= 11 is 0. The lowest BCUT2D eigenvalue weighted by Gasteiger charge is -2.14. The molecule has 0 saturated carbocycles. The van der Waals surface area contributed by atoms with E-state index in [4.69, 9.17) is 5.73 Å². The third-order valence-corrected chi connectivity index (χ3v) is 2.97. The minimum atomic E-state index is 0.403. The van der Waals surface area contributed by atoms with Gasteiger partial charge in [-0.1, -0.05) is 25.8 Å². The van der Waals surface area contributed by atoms with Crippen molar-refractivity contribution in [3.63, 3.8) is 0 Å².